The van der Waals surface area contributed by atoms with Gasteiger partial charge in [0, 0.05) is 0 Å². The first-order chi connectivity index (χ1) is 17.0. The van der Waals surface area contributed by atoms with Gasteiger partial charge in [-0.15, -0.1) is 13.2 Å². The predicted octanol–water partition coefficient (Wildman–Crippen LogP) is 9.38. The van der Waals surface area contributed by atoms with Gasteiger partial charge in [0.05, 0.1) is 0 Å². The first kappa shape index (κ1) is 21.2. The molecule has 0 aliphatic heterocycles. The highest BCUT2D eigenvalue weighted by molar-refractivity contribution is 6.19. The number of alkyl halides is 3. The molecule has 0 aromatic heterocycles. The van der Waals surface area contributed by atoms with E-state index in [2.05, 4.69) is 65.4 Å². The Hall–Kier alpha value is -4.31. The number of ether oxygens (including phenoxy) is 1. The molecule has 0 N–H and O–H groups in total. The van der Waals surface area contributed by atoms with E-state index in [9.17, 15) is 13.2 Å². The van der Waals surface area contributed by atoms with Crippen molar-refractivity contribution in [2.75, 3.05) is 0 Å². The van der Waals surface area contributed by atoms with Crippen LogP contribution in [0.2, 0.25) is 0 Å². The van der Waals surface area contributed by atoms with Crippen molar-refractivity contribution in [2.45, 2.75) is 6.36 Å². The lowest BCUT2D eigenvalue weighted by Crippen LogP contribution is -2.16. The minimum absolute atomic E-state index is 0.233. The quantitative estimate of drug-likeness (QED) is 0.237. The Bertz CT molecular complexity index is 1690. The highest BCUT2D eigenvalue weighted by Crippen LogP contribution is 2.42. The fourth-order valence-corrected chi connectivity index (χ4v) is 4.91. The van der Waals surface area contributed by atoms with Crippen LogP contribution in [0.3, 0.4) is 0 Å². The largest absolute Gasteiger partial charge is 0.573 e. The summed E-state index contributed by atoms with van der Waals surface area (Å²) in [6, 6.07) is 37.3. The first-order valence-corrected chi connectivity index (χ1v) is 11.3. The van der Waals surface area contributed by atoms with E-state index in [1.807, 2.05) is 30.3 Å². The number of benzene rings is 6. The molecule has 6 aromatic rings. The number of hydrogen-bond acceptors (Lipinski definition) is 1. The molecular formula is C31H19F3O. The molecule has 0 bridgehead atoms. The molecule has 0 saturated heterocycles. The molecule has 0 spiro atoms. The molecule has 0 fully saturated rings. The fraction of sp³-hybridized carbons (Fsp3) is 0.0323. The van der Waals surface area contributed by atoms with Crippen LogP contribution < -0.4 is 4.74 Å². The Labute approximate surface area is 200 Å². The molecule has 0 aliphatic carbocycles. The van der Waals surface area contributed by atoms with E-state index in [1.165, 1.54) is 22.9 Å². The average molecular weight is 464 g/mol. The summed E-state index contributed by atoms with van der Waals surface area (Å²) in [4.78, 5) is 0. The van der Waals surface area contributed by atoms with E-state index < -0.39 is 6.36 Å². The molecule has 0 radical (unpaired) electrons. The zero-order chi connectivity index (χ0) is 24.0. The summed E-state index contributed by atoms with van der Waals surface area (Å²) in [5, 5.41) is 6.73. The van der Waals surface area contributed by atoms with Gasteiger partial charge in [-0.1, -0.05) is 97.1 Å². The molecule has 0 aliphatic rings. The number of hydrogen-bond donors (Lipinski definition) is 0. The molecular weight excluding hydrogens is 445 g/mol. The van der Waals surface area contributed by atoms with Gasteiger partial charge in [-0.3, -0.25) is 0 Å². The van der Waals surface area contributed by atoms with Crippen LogP contribution in [0.1, 0.15) is 0 Å². The molecule has 6 rings (SSSR count). The van der Waals surface area contributed by atoms with E-state index in [1.54, 1.807) is 12.1 Å². The Kier molecular flexibility index (Phi) is 4.96. The van der Waals surface area contributed by atoms with Gasteiger partial charge in [-0.25, -0.2) is 0 Å². The molecule has 1 nitrogen and oxygen atoms in total. The van der Waals surface area contributed by atoms with Crippen LogP contribution in [0, 0.1) is 0 Å². The van der Waals surface area contributed by atoms with Crippen molar-refractivity contribution in [3.8, 4) is 28.0 Å². The first-order valence-electron chi connectivity index (χ1n) is 11.3. The van der Waals surface area contributed by atoms with Crippen LogP contribution in [0.5, 0.6) is 5.75 Å². The van der Waals surface area contributed by atoms with E-state index in [0.29, 0.717) is 0 Å². The van der Waals surface area contributed by atoms with Crippen LogP contribution in [0.15, 0.2) is 115 Å². The summed E-state index contributed by atoms with van der Waals surface area (Å²) in [7, 11) is 0. The number of rotatable bonds is 3. The van der Waals surface area contributed by atoms with Gasteiger partial charge in [0.15, 0.2) is 0 Å². The molecule has 170 valence electrons. The fourth-order valence-electron chi connectivity index (χ4n) is 4.91. The summed E-state index contributed by atoms with van der Waals surface area (Å²) >= 11 is 0. The third-order valence-corrected chi connectivity index (χ3v) is 6.36. The zero-order valence-electron chi connectivity index (χ0n) is 18.5. The summed E-state index contributed by atoms with van der Waals surface area (Å²) in [6.07, 6.45) is -4.72. The van der Waals surface area contributed by atoms with Crippen LogP contribution in [-0.2, 0) is 0 Å². The van der Waals surface area contributed by atoms with Crippen molar-refractivity contribution in [1.82, 2.24) is 0 Å². The van der Waals surface area contributed by atoms with E-state index in [4.69, 9.17) is 0 Å². The Morgan fingerprint density at radius 3 is 1.86 bits per heavy atom. The van der Waals surface area contributed by atoms with Crippen molar-refractivity contribution >= 4 is 32.3 Å². The van der Waals surface area contributed by atoms with E-state index >= 15 is 0 Å². The van der Waals surface area contributed by atoms with Crippen molar-refractivity contribution in [3.63, 3.8) is 0 Å². The lowest BCUT2D eigenvalue weighted by Gasteiger charge is -2.17. The second kappa shape index (κ2) is 8.17. The maximum atomic E-state index is 12.6. The topological polar surface area (TPSA) is 9.23 Å². The van der Waals surface area contributed by atoms with Gasteiger partial charge in [0.25, 0.3) is 0 Å². The summed E-state index contributed by atoms with van der Waals surface area (Å²) in [6.45, 7) is 0. The molecule has 0 atom stereocenters. The average Bonchev–Trinajstić information content (AvgIpc) is 2.86. The van der Waals surface area contributed by atoms with Crippen LogP contribution >= 0.6 is 0 Å². The SMILES string of the molecule is FC(F)(F)Oc1ccc(-c2cccc3c(-c4cccc5ccccc45)c4ccccc4cc23)cc1. The van der Waals surface area contributed by atoms with Crippen molar-refractivity contribution in [3.05, 3.63) is 115 Å². The van der Waals surface area contributed by atoms with Crippen LogP contribution in [0.25, 0.3) is 54.6 Å². The van der Waals surface area contributed by atoms with Gasteiger partial charge < -0.3 is 4.74 Å². The third-order valence-electron chi connectivity index (χ3n) is 6.36. The molecule has 35 heavy (non-hydrogen) atoms. The minimum Gasteiger partial charge on any atom is -0.406 e. The van der Waals surface area contributed by atoms with E-state index in [-0.39, 0.29) is 5.75 Å². The lowest BCUT2D eigenvalue weighted by atomic mass is 9.87. The molecule has 4 heteroatoms. The molecule has 0 heterocycles. The second-order valence-electron chi connectivity index (χ2n) is 8.47. The highest BCUT2D eigenvalue weighted by Gasteiger charge is 2.31. The summed E-state index contributed by atoms with van der Waals surface area (Å²) < 4.78 is 41.9. The Morgan fingerprint density at radius 1 is 0.486 bits per heavy atom. The van der Waals surface area contributed by atoms with Crippen LogP contribution in [0.4, 0.5) is 13.2 Å². The molecule has 0 unspecified atom stereocenters. The van der Waals surface area contributed by atoms with E-state index in [0.717, 1.165) is 43.8 Å². The smallest absolute Gasteiger partial charge is 0.406 e. The van der Waals surface area contributed by atoms with Crippen molar-refractivity contribution < 1.29 is 17.9 Å². The van der Waals surface area contributed by atoms with Gasteiger partial charge in [-0.2, -0.15) is 0 Å². The Balaban J connectivity index is 1.63. The lowest BCUT2D eigenvalue weighted by molar-refractivity contribution is -0.274. The van der Waals surface area contributed by atoms with Gasteiger partial charge in [-0.05, 0) is 72.8 Å². The second-order valence-corrected chi connectivity index (χ2v) is 8.47. The minimum atomic E-state index is -4.72. The predicted molar refractivity (Wildman–Crippen MR) is 137 cm³/mol. The summed E-state index contributed by atoms with van der Waals surface area (Å²) in [5.41, 5.74) is 4.07. The molecule has 0 saturated carbocycles. The standard InChI is InChI=1S/C31H19F3O/c32-31(33,34)35-23-17-15-21(16-18-23)25-12-6-14-28-29(25)19-22-8-2-4-11-26(22)30(28)27-13-5-9-20-7-1-3-10-24(20)27/h1-19H. The molecule has 0 amide bonds. The monoisotopic (exact) mass is 464 g/mol. The Morgan fingerprint density at radius 2 is 1.09 bits per heavy atom. The normalized spacial score (nSPS) is 11.9. The maximum Gasteiger partial charge on any atom is 0.573 e. The maximum absolute atomic E-state index is 12.6. The van der Waals surface area contributed by atoms with Gasteiger partial charge in [0.1, 0.15) is 5.75 Å². The third kappa shape index (κ3) is 3.87. The van der Waals surface area contributed by atoms with Gasteiger partial charge >= 0.3 is 6.36 Å². The number of halogens is 3. The number of fused-ring (bicyclic) bond motifs is 3. The summed E-state index contributed by atoms with van der Waals surface area (Å²) in [5.74, 6) is -0.233. The van der Waals surface area contributed by atoms with Crippen molar-refractivity contribution in [1.29, 1.82) is 0 Å². The van der Waals surface area contributed by atoms with Gasteiger partial charge in [0.2, 0.25) is 0 Å². The van der Waals surface area contributed by atoms with Crippen LogP contribution in [-0.4, -0.2) is 6.36 Å². The highest BCUT2D eigenvalue weighted by atomic mass is 19.4. The zero-order valence-corrected chi connectivity index (χ0v) is 18.5. The molecule has 6 aromatic carbocycles. The van der Waals surface area contributed by atoms with Crippen molar-refractivity contribution in [2.24, 2.45) is 0 Å².